The molecule has 0 bridgehead atoms. The molecule has 0 aliphatic heterocycles. The monoisotopic (exact) mass is 261 g/mol. The molecule has 0 aliphatic carbocycles. The minimum atomic E-state index is -0.956. The zero-order valence-corrected chi connectivity index (χ0v) is 10.2. The first-order valence-corrected chi connectivity index (χ1v) is 5.87. The van der Waals surface area contributed by atoms with Gasteiger partial charge in [-0.05, 0) is 12.1 Å². The lowest BCUT2D eigenvalue weighted by Gasteiger charge is -2.11. The third-order valence-corrected chi connectivity index (χ3v) is 2.64. The lowest BCUT2D eigenvalue weighted by molar-refractivity contribution is 0.0965. The van der Waals surface area contributed by atoms with Crippen molar-refractivity contribution >= 4 is 22.5 Å². The minimum absolute atomic E-state index is 0.00530. The predicted molar refractivity (Wildman–Crippen MR) is 71.9 cm³/mol. The van der Waals surface area contributed by atoms with Crippen molar-refractivity contribution in [1.82, 2.24) is 10.3 Å². The number of carbonyl (C=O) groups excluding carboxylic acids is 1. The summed E-state index contributed by atoms with van der Waals surface area (Å²) in [6.45, 7) is -0.394. The normalized spacial score (nSPS) is 12.1. The quantitative estimate of drug-likeness (QED) is 0.652. The number of fused-ring (bicyclic) bond motifs is 1. The van der Waals surface area contributed by atoms with E-state index < -0.39 is 12.1 Å². The van der Waals surface area contributed by atoms with Crippen molar-refractivity contribution in [3.05, 3.63) is 36.7 Å². The first-order chi connectivity index (χ1) is 9.20. The molecule has 0 spiro atoms. The van der Waals surface area contributed by atoms with E-state index in [1.807, 2.05) is 18.2 Å². The van der Waals surface area contributed by atoms with Crippen molar-refractivity contribution in [1.29, 1.82) is 0 Å². The molecule has 0 fully saturated rings. The standard InChI is InChI=1S/C13H15N3O3/c17-8-10(18)7-15-13(19)16-12-3-1-2-9-6-14-5-4-11(9)12/h1-6,10,17-18H,7-8H2,(H2,15,16,19)/t10-/m1/s1. The number of nitrogens with zero attached hydrogens (tertiary/aromatic N) is 1. The van der Waals surface area contributed by atoms with Crippen molar-refractivity contribution in [3.63, 3.8) is 0 Å². The number of aromatic nitrogens is 1. The number of pyridine rings is 1. The molecule has 1 aromatic heterocycles. The molecule has 2 amide bonds. The van der Waals surface area contributed by atoms with Gasteiger partial charge in [-0.3, -0.25) is 4.98 Å². The molecule has 4 N–H and O–H groups in total. The van der Waals surface area contributed by atoms with Crippen LogP contribution in [0.2, 0.25) is 0 Å². The van der Waals surface area contributed by atoms with Gasteiger partial charge in [-0.1, -0.05) is 12.1 Å². The number of benzene rings is 1. The van der Waals surface area contributed by atoms with Crippen LogP contribution in [0, 0.1) is 0 Å². The summed E-state index contributed by atoms with van der Waals surface area (Å²) in [5.41, 5.74) is 0.663. The highest BCUT2D eigenvalue weighted by molar-refractivity contribution is 6.01. The van der Waals surface area contributed by atoms with Gasteiger partial charge in [-0.15, -0.1) is 0 Å². The van der Waals surface area contributed by atoms with Crippen LogP contribution in [0.25, 0.3) is 10.8 Å². The SMILES string of the molecule is O=C(NC[C@@H](O)CO)Nc1cccc2cnccc12. The van der Waals surface area contributed by atoms with Gasteiger partial charge >= 0.3 is 6.03 Å². The van der Waals surface area contributed by atoms with Crippen LogP contribution in [0.15, 0.2) is 36.7 Å². The topological polar surface area (TPSA) is 94.5 Å². The fourth-order valence-corrected chi connectivity index (χ4v) is 1.67. The van der Waals surface area contributed by atoms with Gasteiger partial charge in [-0.2, -0.15) is 0 Å². The van der Waals surface area contributed by atoms with Gasteiger partial charge in [0.15, 0.2) is 0 Å². The molecule has 1 aromatic carbocycles. The summed E-state index contributed by atoms with van der Waals surface area (Å²) < 4.78 is 0. The average Bonchev–Trinajstić information content (AvgIpc) is 2.45. The van der Waals surface area contributed by atoms with Gasteiger partial charge in [0, 0.05) is 29.7 Å². The maximum atomic E-state index is 11.6. The van der Waals surface area contributed by atoms with Gasteiger partial charge in [-0.25, -0.2) is 4.79 Å². The average molecular weight is 261 g/mol. The third kappa shape index (κ3) is 3.40. The van der Waals surface area contributed by atoms with Crippen LogP contribution >= 0.6 is 0 Å². The number of aliphatic hydroxyl groups is 2. The molecule has 1 heterocycles. The number of urea groups is 1. The van der Waals surface area contributed by atoms with E-state index in [1.54, 1.807) is 18.5 Å². The molecule has 6 nitrogen and oxygen atoms in total. The molecule has 19 heavy (non-hydrogen) atoms. The number of rotatable bonds is 4. The Labute approximate surface area is 110 Å². The van der Waals surface area contributed by atoms with Crippen LogP contribution in [0.1, 0.15) is 0 Å². The van der Waals surface area contributed by atoms with E-state index in [-0.39, 0.29) is 13.2 Å². The third-order valence-electron chi connectivity index (χ3n) is 2.64. The van der Waals surface area contributed by atoms with Crippen LogP contribution in [0.3, 0.4) is 0 Å². The fourth-order valence-electron chi connectivity index (χ4n) is 1.67. The number of hydrogen-bond donors (Lipinski definition) is 4. The molecular formula is C13H15N3O3. The van der Waals surface area contributed by atoms with Crippen molar-refractivity contribution in [2.24, 2.45) is 0 Å². The second-order valence-electron chi connectivity index (χ2n) is 4.07. The second-order valence-corrected chi connectivity index (χ2v) is 4.07. The van der Waals surface area contributed by atoms with Gasteiger partial charge in [0.1, 0.15) is 0 Å². The minimum Gasteiger partial charge on any atom is -0.394 e. The Morgan fingerprint density at radius 2 is 2.21 bits per heavy atom. The summed E-state index contributed by atoms with van der Waals surface area (Å²) in [5, 5.41) is 24.8. The molecule has 2 aromatic rings. The van der Waals surface area contributed by atoms with Crippen LogP contribution in [0.5, 0.6) is 0 Å². The number of aliphatic hydroxyl groups excluding tert-OH is 2. The van der Waals surface area contributed by atoms with Crippen molar-refractivity contribution in [3.8, 4) is 0 Å². The molecule has 0 aliphatic rings. The number of nitrogens with one attached hydrogen (secondary N) is 2. The molecule has 0 saturated carbocycles. The predicted octanol–water partition coefficient (Wildman–Crippen LogP) is 0.709. The lowest BCUT2D eigenvalue weighted by atomic mass is 10.1. The van der Waals surface area contributed by atoms with E-state index in [0.717, 1.165) is 10.8 Å². The van der Waals surface area contributed by atoms with E-state index in [2.05, 4.69) is 15.6 Å². The molecule has 2 rings (SSSR count). The summed E-state index contributed by atoms with van der Waals surface area (Å²) in [4.78, 5) is 15.7. The highest BCUT2D eigenvalue weighted by atomic mass is 16.3. The van der Waals surface area contributed by atoms with Gasteiger partial charge in [0.25, 0.3) is 0 Å². The fraction of sp³-hybridized carbons (Fsp3) is 0.231. The number of carbonyl (C=O) groups is 1. The molecular weight excluding hydrogens is 246 g/mol. The molecule has 0 saturated heterocycles. The van der Waals surface area contributed by atoms with Crippen LogP contribution < -0.4 is 10.6 Å². The molecule has 100 valence electrons. The van der Waals surface area contributed by atoms with Crippen LogP contribution in [-0.2, 0) is 0 Å². The van der Waals surface area contributed by atoms with E-state index >= 15 is 0 Å². The molecule has 6 heteroatoms. The summed E-state index contributed by atoms with van der Waals surface area (Å²) in [6.07, 6.45) is 2.41. The second kappa shape index (κ2) is 6.12. The van der Waals surface area contributed by atoms with E-state index in [0.29, 0.717) is 5.69 Å². The Morgan fingerprint density at radius 3 is 3.00 bits per heavy atom. The summed E-state index contributed by atoms with van der Waals surface area (Å²) >= 11 is 0. The largest absolute Gasteiger partial charge is 0.394 e. The number of amides is 2. The van der Waals surface area contributed by atoms with Crippen molar-refractivity contribution < 1.29 is 15.0 Å². The smallest absolute Gasteiger partial charge is 0.319 e. The maximum absolute atomic E-state index is 11.6. The first-order valence-electron chi connectivity index (χ1n) is 5.87. The van der Waals surface area contributed by atoms with Gasteiger partial charge in [0.05, 0.1) is 18.4 Å². The Morgan fingerprint density at radius 1 is 1.37 bits per heavy atom. The number of anilines is 1. The lowest BCUT2D eigenvalue weighted by Crippen LogP contribution is -2.36. The van der Waals surface area contributed by atoms with Crippen LogP contribution in [0.4, 0.5) is 10.5 Å². The molecule has 0 unspecified atom stereocenters. The summed E-state index contributed by atoms with van der Waals surface area (Å²) in [7, 11) is 0. The Hall–Kier alpha value is -2.18. The Balaban J connectivity index is 2.07. The van der Waals surface area contributed by atoms with Crippen molar-refractivity contribution in [2.75, 3.05) is 18.5 Å². The Kier molecular flexibility index (Phi) is 4.27. The highest BCUT2D eigenvalue weighted by Gasteiger charge is 2.07. The summed E-state index contributed by atoms with van der Waals surface area (Å²) in [5.74, 6) is 0. The molecule has 1 atom stereocenters. The molecule has 0 radical (unpaired) electrons. The van der Waals surface area contributed by atoms with Crippen LogP contribution in [-0.4, -0.2) is 40.5 Å². The zero-order valence-electron chi connectivity index (χ0n) is 10.2. The first kappa shape index (κ1) is 13.3. The van der Waals surface area contributed by atoms with E-state index in [4.69, 9.17) is 10.2 Å². The van der Waals surface area contributed by atoms with E-state index in [1.165, 1.54) is 0 Å². The van der Waals surface area contributed by atoms with Gasteiger partial charge < -0.3 is 20.8 Å². The zero-order chi connectivity index (χ0) is 13.7. The van der Waals surface area contributed by atoms with Gasteiger partial charge in [0.2, 0.25) is 0 Å². The summed E-state index contributed by atoms with van der Waals surface area (Å²) in [6, 6.07) is 6.89. The maximum Gasteiger partial charge on any atom is 0.319 e. The Bertz CT molecular complexity index is 569. The van der Waals surface area contributed by atoms with Crippen molar-refractivity contribution in [2.45, 2.75) is 6.10 Å². The number of hydrogen-bond acceptors (Lipinski definition) is 4. The highest BCUT2D eigenvalue weighted by Crippen LogP contribution is 2.21. The van der Waals surface area contributed by atoms with E-state index in [9.17, 15) is 4.79 Å².